The third-order valence-electron chi connectivity index (χ3n) is 3.61. The van der Waals surface area contributed by atoms with Gasteiger partial charge in [0, 0.05) is 43.1 Å². The first kappa shape index (κ1) is 19.3. The molecule has 2 aromatic rings. The highest BCUT2D eigenvalue weighted by Gasteiger charge is 2.11. The lowest BCUT2D eigenvalue weighted by atomic mass is 10.2. The second kappa shape index (κ2) is 8.92. The normalized spacial score (nSPS) is 11.8. The highest BCUT2D eigenvalue weighted by Crippen LogP contribution is 2.29. The van der Waals surface area contributed by atoms with Crippen LogP contribution in [0.5, 0.6) is 0 Å². The number of nitrogens with two attached hydrogens (primary N) is 1. The van der Waals surface area contributed by atoms with Crippen molar-refractivity contribution >= 4 is 46.5 Å². The fraction of sp³-hybridized carbons (Fsp3) is 0.158. The maximum atomic E-state index is 12.3. The molecule has 1 amide bonds. The van der Waals surface area contributed by atoms with Crippen molar-refractivity contribution in [1.29, 1.82) is 0 Å². The third-order valence-corrected chi connectivity index (χ3v) is 3.92. The van der Waals surface area contributed by atoms with Gasteiger partial charge in [-0.25, -0.2) is 0 Å². The number of carbonyl (C=O) groups is 1. The van der Waals surface area contributed by atoms with Crippen LogP contribution in [0.3, 0.4) is 0 Å². The van der Waals surface area contributed by atoms with E-state index >= 15 is 0 Å². The van der Waals surface area contributed by atoms with E-state index in [1.807, 2.05) is 31.3 Å². The lowest BCUT2D eigenvalue weighted by molar-refractivity contribution is -0.112. The predicted molar refractivity (Wildman–Crippen MR) is 111 cm³/mol. The van der Waals surface area contributed by atoms with Gasteiger partial charge in [0.2, 0.25) is 0 Å². The molecule has 0 saturated heterocycles. The van der Waals surface area contributed by atoms with Gasteiger partial charge in [0.1, 0.15) is 0 Å². The van der Waals surface area contributed by atoms with E-state index in [9.17, 15) is 4.79 Å². The summed E-state index contributed by atoms with van der Waals surface area (Å²) in [5.41, 5.74) is 9.67. The lowest BCUT2D eigenvalue weighted by Crippen LogP contribution is -2.19. The number of allylic oxidation sites excluding steroid dienone is 1. The van der Waals surface area contributed by atoms with E-state index in [2.05, 4.69) is 20.9 Å². The van der Waals surface area contributed by atoms with E-state index in [1.165, 1.54) is 6.21 Å². The monoisotopic (exact) mass is 371 g/mol. The quantitative estimate of drug-likeness (QED) is 0.456. The zero-order chi connectivity index (χ0) is 19.1. The number of nitrogens with one attached hydrogen (secondary N) is 3. The molecule has 0 spiro atoms. The lowest BCUT2D eigenvalue weighted by Gasteiger charge is -2.12. The zero-order valence-electron chi connectivity index (χ0n) is 14.9. The molecule has 5 N–H and O–H groups in total. The molecule has 2 aromatic carbocycles. The highest BCUT2D eigenvalue weighted by atomic mass is 35.5. The number of amides is 1. The molecule has 136 valence electrons. The molecule has 0 aliphatic heterocycles. The summed E-state index contributed by atoms with van der Waals surface area (Å²) in [5, 5.41) is 9.56. The van der Waals surface area contributed by atoms with Gasteiger partial charge in [-0.15, -0.1) is 0 Å². The average Bonchev–Trinajstić information content (AvgIpc) is 2.62. The first-order valence-electron chi connectivity index (χ1n) is 7.99. The van der Waals surface area contributed by atoms with Crippen molar-refractivity contribution in [3.05, 3.63) is 58.8 Å². The molecule has 7 heteroatoms. The molecular weight excluding hydrogens is 350 g/mol. The van der Waals surface area contributed by atoms with Gasteiger partial charge in [0.25, 0.3) is 5.91 Å². The maximum absolute atomic E-state index is 12.3. The Labute approximate surface area is 158 Å². The molecule has 0 aliphatic carbocycles. The molecule has 0 radical (unpaired) electrons. The van der Waals surface area contributed by atoms with E-state index in [4.69, 9.17) is 17.3 Å². The first-order chi connectivity index (χ1) is 12.4. The summed E-state index contributed by atoms with van der Waals surface area (Å²) in [6.45, 7) is 1.65. The summed E-state index contributed by atoms with van der Waals surface area (Å²) in [5.74, 6) is -0.338. The molecule has 0 aromatic heterocycles. The Morgan fingerprint density at radius 2 is 1.73 bits per heavy atom. The Morgan fingerprint density at radius 1 is 1.12 bits per heavy atom. The molecule has 0 atom stereocenters. The standard InChI is InChI=1S/C19H22ClN5O/c1-12(21)16(11-22-2)19(26)25-15-8-9-18(17(20)10-15)24-14-6-4-13(23-3)5-7-14/h4-11,23-24H,21H2,1-3H3,(H,25,26). The number of halogens is 1. The number of rotatable bonds is 6. The average molecular weight is 372 g/mol. The molecule has 0 unspecified atom stereocenters. The van der Waals surface area contributed by atoms with E-state index in [0.29, 0.717) is 22.0 Å². The minimum absolute atomic E-state index is 0.315. The molecule has 0 heterocycles. The molecule has 0 bridgehead atoms. The summed E-state index contributed by atoms with van der Waals surface area (Å²) >= 11 is 6.34. The van der Waals surface area contributed by atoms with Crippen molar-refractivity contribution in [2.45, 2.75) is 6.92 Å². The van der Waals surface area contributed by atoms with Gasteiger partial charge in [-0.3, -0.25) is 9.79 Å². The molecule has 0 saturated carbocycles. The Bertz CT molecular complexity index is 840. The molecular formula is C19H22ClN5O. The Morgan fingerprint density at radius 3 is 2.27 bits per heavy atom. The van der Waals surface area contributed by atoms with Gasteiger partial charge in [-0.2, -0.15) is 0 Å². The van der Waals surface area contributed by atoms with Crippen LogP contribution in [-0.4, -0.2) is 26.2 Å². The fourth-order valence-electron chi connectivity index (χ4n) is 2.24. The number of aliphatic imine (C=N–C) groups is 1. The summed E-state index contributed by atoms with van der Waals surface area (Å²) in [7, 11) is 3.45. The topological polar surface area (TPSA) is 91.5 Å². The van der Waals surface area contributed by atoms with Gasteiger partial charge in [-0.05, 0) is 49.4 Å². The van der Waals surface area contributed by atoms with Gasteiger partial charge >= 0.3 is 0 Å². The Balaban J connectivity index is 2.13. The summed E-state index contributed by atoms with van der Waals surface area (Å²) in [6.07, 6.45) is 1.43. The number of anilines is 4. The number of nitrogens with zero attached hydrogens (tertiary/aromatic N) is 1. The Hall–Kier alpha value is -2.99. The highest BCUT2D eigenvalue weighted by molar-refractivity contribution is 6.33. The maximum Gasteiger partial charge on any atom is 0.258 e. The van der Waals surface area contributed by atoms with Crippen LogP contribution in [-0.2, 0) is 4.79 Å². The number of hydrogen-bond acceptors (Lipinski definition) is 5. The second-order valence-electron chi connectivity index (χ2n) is 5.59. The number of carbonyl (C=O) groups excluding carboxylic acids is 1. The number of benzene rings is 2. The van der Waals surface area contributed by atoms with Crippen LogP contribution in [0.25, 0.3) is 0 Å². The van der Waals surface area contributed by atoms with E-state index < -0.39 is 0 Å². The van der Waals surface area contributed by atoms with Gasteiger partial charge in [0.05, 0.1) is 16.3 Å². The number of hydrogen-bond donors (Lipinski definition) is 4. The largest absolute Gasteiger partial charge is 0.402 e. The van der Waals surface area contributed by atoms with E-state index in [1.54, 1.807) is 32.2 Å². The van der Waals surface area contributed by atoms with Crippen molar-refractivity contribution in [2.75, 3.05) is 30.0 Å². The van der Waals surface area contributed by atoms with Crippen LogP contribution in [0.1, 0.15) is 6.92 Å². The molecule has 0 fully saturated rings. The summed E-state index contributed by atoms with van der Waals surface area (Å²) in [6, 6.07) is 13.1. The predicted octanol–water partition coefficient (Wildman–Crippen LogP) is 4.00. The van der Waals surface area contributed by atoms with E-state index in [-0.39, 0.29) is 5.91 Å². The van der Waals surface area contributed by atoms with Gasteiger partial charge in [0.15, 0.2) is 0 Å². The third kappa shape index (κ3) is 5.00. The second-order valence-corrected chi connectivity index (χ2v) is 5.99. The minimum atomic E-state index is -0.338. The van der Waals surface area contributed by atoms with E-state index in [0.717, 1.165) is 17.1 Å². The van der Waals surface area contributed by atoms with Crippen molar-refractivity contribution < 1.29 is 4.79 Å². The van der Waals surface area contributed by atoms with Crippen LogP contribution in [0, 0.1) is 0 Å². The molecule has 6 nitrogen and oxygen atoms in total. The Kier molecular flexibility index (Phi) is 6.63. The molecule has 0 aliphatic rings. The van der Waals surface area contributed by atoms with Crippen LogP contribution in [0.4, 0.5) is 22.7 Å². The summed E-state index contributed by atoms with van der Waals surface area (Å²) in [4.78, 5) is 16.1. The zero-order valence-corrected chi connectivity index (χ0v) is 15.7. The molecule has 2 rings (SSSR count). The molecule has 26 heavy (non-hydrogen) atoms. The minimum Gasteiger partial charge on any atom is -0.402 e. The van der Waals surface area contributed by atoms with Crippen LogP contribution in [0.2, 0.25) is 5.02 Å². The first-order valence-corrected chi connectivity index (χ1v) is 8.36. The smallest absolute Gasteiger partial charge is 0.258 e. The fourth-order valence-corrected chi connectivity index (χ4v) is 2.46. The van der Waals surface area contributed by atoms with Gasteiger partial charge < -0.3 is 21.7 Å². The van der Waals surface area contributed by atoms with Crippen LogP contribution < -0.4 is 21.7 Å². The van der Waals surface area contributed by atoms with Crippen molar-refractivity contribution in [3.8, 4) is 0 Å². The van der Waals surface area contributed by atoms with Crippen LogP contribution >= 0.6 is 11.6 Å². The summed E-state index contributed by atoms with van der Waals surface area (Å²) < 4.78 is 0. The van der Waals surface area contributed by atoms with Crippen molar-refractivity contribution in [1.82, 2.24) is 0 Å². The van der Waals surface area contributed by atoms with Crippen molar-refractivity contribution in [2.24, 2.45) is 10.7 Å². The van der Waals surface area contributed by atoms with Gasteiger partial charge in [-0.1, -0.05) is 11.6 Å². The SMILES string of the molecule is CN=CC(C(=O)Nc1ccc(Nc2ccc(NC)cc2)c(Cl)c1)=C(C)N. The van der Waals surface area contributed by atoms with Crippen molar-refractivity contribution in [3.63, 3.8) is 0 Å². The van der Waals surface area contributed by atoms with Crippen LogP contribution in [0.15, 0.2) is 58.7 Å².